The summed E-state index contributed by atoms with van der Waals surface area (Å²) in [5.74, 6) is 1.33. The van der Waals surface area contributed by atoms with Crippen LogP contribution in [-0.4, -0.2) is 47.5 Å². The SMILES string of the molecule is CN(C)c1ccc(-c2nnc(C3CCN(Cc4ccccc4[NH+]([O-])O)C3)o2)cc1. The van der Waals surface area contributed by atoms with E-state index in [1.54, 1.807) is 12.1 Å². The topological polar surface area (TPSA) is 93.1 Å². The molecule has 1 aromatic heterocycles. The lowest BCUT2D eigenvalue weighted by atomic mass is 10.1. The summed E-state index contributed by atoms with van der Waals surface area (Å²) in [6.45, 7) is 2.25. The van der Waals surface area contributed by atoms with Gasteiger partial charge >= 0.3 is 0 Å². The molecule has 2 atom stereocenters. The van der Waals surface area contributed by atoms with E-state index in [2.05, 4.69) is 15.1 Å². The van der Waals surface area contributed by atoms with Crippen LogP contribution in [0.5, 0.6) is 0 Å². The van der Waals surface area contributed by atoms with Crippen LogP contribution in [0.15, 0.2) is 52.9 Å². The lowest BCUT2D eigenvalue weighted by molar-refractivity contribution is -0.991. The average molecular weight is 395 g/mol. The van der Waals surface area contributed by atoms with Crippen LogP contribution in [0.25, 0.3) is 11.5 Å². The van der Waals surface area contributed by atoms with Crippen LogP contribution in [0.3, 0.4) is 0 Å². The zero-order valence-electron chi connectivity index (χ0n) is 16.6. The van der Waals surface area contributed by atoms with Gasteiger partial charge in [0.05, 0.1) is 5.92 Å². The summed E-state index contributed by atoms with van der Waals surface area (Å²) in [4.78, 5) is 4.28. The minimum Gasteiger partial charge on any atom is -0.595 e. The van der Waals surface area contributed by atoms with Crippen molar-refractivity contribution in [1.29, 1.82) is 0 Å². The number of benzene rings is 2. The van der Waals surface area contributed by atoms with Crippen LogP contribution in [0, 0.1) is 5.21 Å². The molecule has 8 nitrogen and oxygen atoms in total. The van der Waals surface area contributed by atoms with Crippen LogP contribution in [0.2, 0.25) is 0 Å². The number of aromatic nitrogens is 2. The van der Waals surface area contributed by atoms with Gasteiger partial charge in [-0.05, 0) is 37.2 Å². The lowest BCUT2D eigenvalue weighted by Gasteiger charge is -2.19. The molecule has 152 valence electrons. The van der Waals surface area contributed by atoms with Crippen molar-refractivity contribution < 1.29 is 14.9 Å². The maximum absolute atomic E-state index is 11.4. The Kier molecular flexibility index (Phi) is 5.59. The van der Waals surface area contributed by atoms with Crippen molar-refractivity contribution in [3.05, 3.63) is 65.2 Å². The summed E-state index contributed by atoms with van der Waals surface area (Å²) < 4.78 is 5.96. The Hall–Kier alpha value is -2.78. The Labute approximate surface area is 169 Å². The Morgan fingerprint density at radius 1 is 1.17 bits per heavy atom. The van der Waals surface area contributed by atoms with Gasteiger partial charge in [0.15, 0.2) is 5.69 Å². The zero-order valence-corrected chi connectivity index (χ0v) is 16.6. The van der Waals surface area contributed by atoms with Crippen LogP contribution in [-0.2, 0) is 6.54 Å². The molecule has 0 aliphatic carbocycles. The number of likely N-dealkylation sites (tertiary alicyclic amines) is 1. The van der Waals surface area contributed by atoms with Crippen molar-refractivity contribution in [2.24, 2.45) is 0 Å². The van der Waals surface area contributed by atoms with E-state index in [4.69, 9.17) is 4.42 Å². The molecule has 1 aliphatic heterocycles. The first-order valence-corrected chi connectivity index (χ1v) is 9.66. The molecule has 29 heavy (non-hydrogen) atoms. The molecule has 2 N–H and O–H groups in total. The fourth-order valence-corrected chi connectivity index (χ4v) is 3.70. The molecule has 1 saturated heterocycles. The van der Waals surface area contributed by atoms with Crippen LogP contribution >= 0.6 is 0 Å². The van der Waals surface area contributed by atoms with Crippen LogP contribution < -0.4 is 10.1 Å². The number of nitrogens with zero attached hydrogens (tertiary/aromatic N) is 4. The maximum atomic E-state index is 11.4. The maximum Gasteiger partial charge on any atom is 0.247 e. The van der Waals surface area contributed by atoms with Crippen molar-refractivity contribution in [3.63, 3.8) is 0 Å². The second-order valence-electron chi connectivity index (χ2n) is 7.57. The van der Waals surface area contributed by atoms with Gasteiger partial charge in [-0.15, -0.1) is 10.2 Å². The van der Waals surface area contributed by atoms with E-state index in [9.17, 15) is 10.4 Å². The van der Waals surface area contributed by atoms with Gasteiger partial charge < -0.3 is 14.5 Å². The molecule has 1 aliphatic rings. The number of nitrogens with one attached hydrogen (secondary N) is 1. The quantitative estimate of drug-likeness (QED) is 0.618. The molecule has 0 radical (unpaired) electrons. The first kappa shape index (κ1) is 19.5. The van der Waals surface area contributed by atoms with Gasteiger partial charge in [-0.2, -0.15) is 5.23 Å². The number of quaternary nitrogens is 1. The molecule has 4 rings (SSSR count). The third-order valence-electron chi connectivity index (χ3n) is 5.33. The van der Waals surface area contributed by atoms with Crippen molar-refractivity contribution in [3.8, 4) is 11.5 Å². The molecule has 0 bridgehead atoms. The van der Waals surface area contributed by atoms with E-state index in [1.165, 1.54) is 0 Å². The van der Waals surface area contributed by atoms with E-state index >= 15 is 0 Å². The molecule has 2 aromatic carbocycles. The van der Waals surface area contributed by atoms with E-state index < -0.39 is 5.23 Å². The highest BCUT2D eigenvalue weighted by Crippen LogP contribution is 2.30. The summed E-state index contributed by atoms with van der Waals surface area (Å²) in [7, 11) is 4.00. The van der Waals surface area contributed by atoms with Crippen LogP contribution in [0.1, 0.15) is 23.8 Å². The molecule has 1 fully saturated rings. The normalized spacial score (nSPS) is 18.1. The molecule has 2 unspecified atom stereocenters. The van der Waals surface area contributed by atoms with Gasteiger partial charge in [0, 0.05) is 50.1 Å². The zero-order chi connectivity index (χ0) is 20.4. The number of hydrogen-bond acceptors (Lipinski definition) is 7. The highest BCUT2D eigenvalue weighted by molar-refractivity contribution is 5.58. The molecule has 3 aromatic rings. The van der Waals surface area contributed by atoms with Gasteiger partial charge in [-0.25, -0.2) is 5.21 Å². The summed E-state index contributed by atoms with van der Waals surface area (Å²) in [5, 5.41) is 28.4. The summed E-state index contributed by atoms with van der Waals surface area (Å²) in [6, 6.07) is 15.2. The largest absolute Gasteiger partial charge is 0.595 e. The van der Waals surface area contributed by atoms with Gasteiger partial charge in [-0.3, -0.25) is 4.90 Å². The number of para-hydroxylation sites is 1. The molecular weight excluding hydrogens is 370 g/mol. The first-order chi connectivity index (χ1) is 14.0. The summed E-state index contributed by atoms with van der Waals surface area (Å²) in [6.07, 6.45) is 0.913. The van der Waals surface area contributed by atoms with Crippen molar-refractivity contribution >= 4 is 11.4 Å². The van der Waals surface area contributed by atoms with Crippen molar-refractivity contribution in [2.75, 3.05) is 32.1 Å². The Bertz CT molecular complexity index is 955. The lowest BCUT2D eigenvalue weighted by Crippen LogP contribution is -2.99. The van der Waals surface area contributed by atoms with Crippen molar-refractivity contribution in [1.82, 2.24) is 15.1 Å². The number of rotatable bonds is 6. The molecule has 8 heteroatoms. The third-order valence-corrected chi connectivity index (χ3v) is 5.33. The average Bonchev–Trinajstić information content (AvgIpc) is 3.38. The Morgan fingerprint density at radius 3 is 2.66 bits per heavy atom. The molecule has 0 saturated carbocycles. The minimum atomic E-state index is -0.891. The minimum absolute atomic E-state index is 0.161. The van der Waals surface area contributed by atoms with E-state index in [0.29, 0.717) is 24.0 Å². The predicted octanol–water partition coefficient (Wildman–Crippen LogP) is 2.20. The number of anilines is 1. The fraction of sp³-hybridized carbons (Fsp3) is 0.333. The van der Waals surface area contributed by atoms with Gasteiger partial charge in [0.2, 0.25) is 11.8 Å². The Balaban J connectivity index is 1.42. The molecule has 0 amide bonds. The van der Waals surface area contributed by atoms with Gasteiger partial charge in [0.1, 0.15) is 0 Å². The second-order valence-corrected chi connectivity index (χ2v) is 7.57. The molecule has 0 spiro atoms. The molecule has 2 heterocycles. The summed E-state index contributed by atoms with van der Waals surface area (Å²) >= 11 is 0. The van der Waals surface area contributed by atoms with Crippen molar-refractivity contribution in [2.45, 2.75) is 18.9 Å². The highest BCUT2D eigenvalue weighted by atomic mass is 16.8. The van der Waals surface area contributed by atoms with Gasteiger partial charge in [0.25, 0.3) is 0 Å². The number of hydrogen-bond donors (Lipinski definition) is 2. The first-order valence-electron chi connectivity index (χ1n) is 9.66. The van der Waals surface area contributed by atoms with E-state index in [0.717, 1.165) is 36.3 Å². The second kappa shape index (κ2) is 8.30. The summed E-state index contributed by atoms with van der Waals surface area (Å²) in [5.41, 5.74) is 3.20. The predicted molar refractivity (Wildman–Crippen MR) is 109 cm³/mol. The highest BCUT2D eigenvalue weighted by Gasteiger charge is 2.29. The van der Waals surface area contributed by atoms with E-state index in [1.807, 2.05) is 55.4 Å². The van der Waals surface area contributed by atoms with Crippen LogP contribution in [0.4, 0.5) is 11.4 Å². The molecular formula is C21H25N5O3. The smallest absolute Gasteiger partial charge is 0.247 e. The standard InChI is InChI=1S/C21H25N5O3/c1-24(2)18-9-7-15(8-10-18)20-22-23-21(29-20)17-11-12-25(14-17)13-16-5-3-4-6-19(16)26(27)28/h3-10,17,26-27H,11-14H2,1-2H3. The fourth-order valence-electron chi connectivity index (χ4n) is 3.70. The third kappa shape index (κ3) is 4.30. The van der Waals surface area contributed by atoms with E-state index in [-0.39, 0.29) is 5.92 Å². The Morgan fingerprint density at radius 2 is 1.93 bits per heavy atom. The monoisotopic (exact) mass is 395 g/mol. The van der Waals surface area contributed by atoms with Gasteiger partial charge in [-0.1, -0.05) is 18.2 Å².